The molecule has 6 nitrogen and oxygen atoms in total. The Morgan fingerprint density at radius 1 is 1.11 bits per heavy atom. The quantitative estimate of drug-likeness (QED) is 0.413. The van der Waals surface area contributed by atoms with Gasteiger partial charge in [0, 0.05) is 35.6 Å². The van der Waals surface area contributed by atoms with E-state index in [0.717, 1.165) is 37.4 Å². The van der Waals surface area contributed by atoms with Crippen molar-refractivity contribution < 1.29 is 9.53 Å². The van der Waals surface area contributed by atoms with Crippen LogP contribution < -0.4 is 0 Å². The number of halogens is 1. The molecule has 2 unspecified atom stereocenters. The Labute approximate surface area is 212 Å². The van der Waals surface area contributed by atoms with Gasteiger partial charge in [-0.3, -0.25) is 9.69 Å². The molecule has 2 bridgehead atoms. The van der Waals surface area contributed by atoms with Gasteiger partial charge in [0.2, 0.25) is 0 Å². The second kappa shape index (κ2) is 10.6. The molecule has 7 heteroatoms. The van der Waals surface area contributed by atoms with Gasteiger partial charge in [-0.05, 0) is 48.9 Å². The summed E-state index contributed by atoms with van der Waals surface area (Å²) >= 11 is 6.23. The van der Waals surface area contributed by atoms with Gasteiger partial charge in [-0.2, -0.15) is 0 Å². The van der Waals surface area contributed by atoms with Gasteiger partial charge in [0.05, 0.1) is 25.3 Å². The molecule has 2 aromatic carbocycles. The zero-order valence-electron chi connectivity index (χ0n) is 20.5. The highest BCUT2D eigenvalue weighted by molar-refractivity contribution is 6.30. The number of ketones is 1. The summed E-state index contributed by atoms with van der Waals surface area (Å²) in [6.45, 7) is 6.92. The molecular weight excluding hydrogens is 460 g/mol. The number of hydrogen-bond acceptors (Lipinski definition) is 5. The maximum Gasteiger partial charge on any atom is 0.181 e. The standard InChI is InChI=1S/C28H33ClN4O2/c1-19(2)14-26(34)16-27-30-28(31-33(27)23-5-3-4-22(29)15-23)21-8-6-20(7-9-21)12-13-32-24-10-11-25(32)18-35-17-24/h3-9,15,19,24-25H,10-14,16-18H2,1-2H3. The van der Waals surface area contributed by atoms with E-state index < -0.39 is 0 Å². The fraction of sp³-hybridized carbons (Fsp3) is 0.464. The fourth-order valence-corrected chi connectivity index (χ4v) is 5.44. The van der Waals surface area contributed by atoms with Gasteiger partial charge in [0.15, 0.2) is 5.82 Å². The number of Topliss-reactive ketones (excluding diaryl/α,β-unsaturated/α-hetero) is 1. The van der Waals surface area contributed by atoms with Crippen LogP contribution in [-0.4, -0.2) is 57.3 Å². The van der Waals surface area contributed by atoms with E-state index in [1.807, 2.05) is 24.3 Å². The van der Waals surface area contributed by atoms with Gasteiger partial charge >= 0.3 is 0 Å². The summed E-state index contributed by atoms with van der Waals surface area (Å²) in [7, 11) is 0. The first-order valence-electron chi connectivity index (χ1n) is 12.6. The number of hydrogen-bond donors (Lipinski definition) is 0. The Morgan fingerprint density at radius 3 is 2.54 bits per heavy atom. The lowest BCUT2D eigenvalue weighted by atomic mass is 10.1. The first-order valence-corrected chi connectivity index (χ1v) is 13.0. The molecule has 0 radical (unpaired) electrons. The number of fused-ring (bicyclic) bond motifs is 2. The summed E-state index contributed by atoms with van der Waals surface area (Å²) in [5, 5.41) is 5.40. The smallest absolute Gasteiger partial charge is 0.181 e. The van der Waals surface area contributed by atoms with Crippen LogP contribution in [0.25, 0.3) is 17.1 Å². The lowest BCUT2D eigenvalue weighted by Crippen LogP contribution is -2.46. The molecule has 3 aromatic rings. The predicted molar refractivity (Wildman–Crippen MR) is 138 cm³/mol. The maximum atomic E-state index is 12.6. The van der Waals surface area contributed by atoms with Gasteiger partial charge in [-0.1, -0.05) is 55.8 Å². The Balaban J connectivity index is 1.34. The Morgan fingerprint density at radius 2 is 1.86 bits per heavy atom. The number of benzene rings is 2. The SMILES string of the molecule is CC(C)CC(=O)Cc1nc(-c2ccc(CCN3C4CCC3COC4)cc2)nn1-c1cccc(Cl)c1. The number of aromatic nitrogens is 3. The Kier molecular flexibility index (Phi) is 7.32. The summed E-state index contributed by atoms with van der Waals surface area (Å²) in [6.07, 6.45) is 4.31. The third-order valence-corrected chi connectivity index (χ3v) is 7.22. The maximum absolute atomic E-state index is 12.6. The minimum absolute atomic E-state index is 0.162. The van der Waals surface area contributed by atoms with Gasteiger partial charge in [0.1, 0.15) is 11.6 Å². The molecule has 35 heavy (non-hydrogen) atoms. The summed E-state index contributed by atoms with van der Waals surface area (Å²) in [6, 6.07) is 17.2. The molecule has 0 saturated carbocycles. The highest BCUT2D eigenvalue weighted by atomic mass is 35.5. The molecule has 0 spiro atoms. The number of carbonyl (C=O) groups excluding carboxylic acids is 1. The third-order valence-electron chi connectivity index (χ3n) is 6.98. The number of carbonyl (C=O) groups is 1. The van der Waals surface area contributed by atoms with Crippen molar-refractivity contribution in [3.63, 3.8) is 0 Å². The van der Waals surface area contributed by atoms with Crippen molar-refractivity contribution in [1.82, 2.24) is 19.7 Å². The predicted octanol–water partition coefficient (Wildman–Crippen LogP) is 5.15. The van der Waals surface area contributed by atoms with Gasteiger partial charge in [-0.15, -0.1) is 5.10 Å². The summed E-state index contributed by atoms with van der Waals surface area (Å²) in [5.74, 6) is 1.73. The van der Waals surface area contributed by atoms with Crippen molar-refractivity contribution in [3.05, 3.63) is 64.9 Å². The van der Waals surface area contributed by atoms with Crippen LogP contribution in [0.15, 0.2) is 48.5 Å². The molecular formula is C28H33ClN4O2. The molecule has 5 rings (SSSR count). The number of rotatable bonds is 9. The van der Waals surface area contributed by atoms with E-state index in [2.05, 4.69) is 43.0 Å². The van der Waals surface area contributed by atoms with Crippen molar-refractivity contribution in [3.8, 4) is 17.1 Å². The first-order chi connectivity index (χ1) is 17.0. The van der Waals surface area contributed by atoms with E-state index in [4.69, 9.17) is 26.4 Å². The topological polar surface area (TPSA) is 60.3 Å². The summed E-state index contributed by atoms with van der Waals surface area (Å²) in [4.78, 5) is 20.0. The zero-order valence-corrected chi connectivity index (χ0v) is 21.2. The average molecular weight is 493 g/mol. The second-order valence-electron chi connectivity index (χ2n) is 10.2. The van der Waals surface area contributed by atoms with E-state index in [1.54, 1.807) is 4.68 Å². The lowest BCUT2D eigenvalue weighted by molar-refractivity contribution is -0.119. The van der Waals surface area contributed by atoms with E-state index >= 15 is 0 Å². The number of morpholine rings is 1. The minimum atomic E-state index is 0.162. The second-order valence-corrected chi connectivity index (χ2v) is 10.6. The Bertz CT molecular complexity index is 1160. The van der Waals surface area contributed by atoms with Crippen molar-refractivity contribution >= 4 is 17.4 Å². The van der Waals surface area contributed by atoms with Crippen LogP contribution in [0.3, 0.4) is 0 Å². The third kappa shape index (κ3) is 5.66. The fourth-order valence-electron chi connectivity index (χ4n) is 5.26. The largest absolute Gasteiger partial charge is 0.378 e. The lowest BCUT2D eigenvalue weighted by Gasteiger charge is -2.34. The molecule has 0 N–H and O–H groups in total. The number of ether oxygens (including phenoxy) is 1. The zero-order chi connectivity index (χ0) is 24.4. The molecule has 2 aliphatic heterocycles. The van der Waals surface area contributed by atoms with E-state index in [0.29, 0.717) is 41.1 Å². The minimum Gasteiger partial charge on any atom is -0.378 e. The number of nitrogens with zero attached hydrogens (tertiary/aromatic N) is 4. The van der Waals surface area contributed by atoms with Crippen LogP contribution in [0, 0.1) is 5.92 Å². The van der Waals surface area contributed by atoms with Gasteiger partial charge in [-0.25, -0.2) is 9.67 Å². The van der Waals surface area contributed by atoms with Crippen molar-refractivity contribution in [2.24, 2.45) is 5.92 Å². The molecule has 2 atom stereocenters. The van der Waals surface area contributed by atoms with Crippen LogP contribution in [-0.2, 0) is 22.4 Å². The van der Waals surface area contributed by atoms with Crippen LogP contribution >= 0.6 is 11.6 Å². The van der Waals surface area contributed by atoms with E-state index in [1.165, 1.54) is 18.4 Å². The van der Waals surface area contributed by atoms with Crippen LogP contribution in [0.1, 0.15) is 44.5 Å². The highest BCUT2D eigenvalue weighted by Crippen LogP contribution is 2.29. The van der Waals surface area contributed by atoms with Gasteiger partial charge < -0.3 is 4.74 Å². The van der Waals surface area contributed by atoms with Crippen LogP contribution in [0.2, 0.25) is 5.02 Å². The Hall–Kier alpha value is -2.54. The molecule has 184 valence electrons. The van der Waals surface area contributed by atoms with Crippen LogP contribution in [0.4, 0.5) is 0 Å². The summed E-state index contributed by atoms with van der Waals surface area (Å²) in [5.41, 5.74) is 3.06. The molecule has 2 aliphatic rings. The van der Waals surface area contributed by atoms with E-state index in [-0.39, 0.29) is 12.2 Å². The monoisotopic (exact) mass is 492 g/mol. The van der Waals surface area contributed by atoms with Crippen molar-refractivity contribution in [2.45, 2.75) is 58.0 Å². The highest BCUT2D eigenvalue weighted by Gasteiger charge is 2.36. The summed E-state index contributed by atoms with van der Waals surface area (Å²) < 4.78 is 7.46. The molecule has 1 aromatic heterocycles. The first kappa shape index (κ1) is 24.2. The molecule has 3 heterocycles. The molecule has 2 saturated heterocycles. The van der Waals surface area contributed by atoms with Gasteiger partial charge in [0.25, 0.3) is 0 Å². The average Bonchev–Trinajstić information content (AvgIpc) is 3.33. The van der Waals surface area contributed by atoms with Crippen molar-refractivity contribution in [1.29, 1.82) is 0 Å². The normalized spacial score (nSPS) is 20.0. The van der Waals surface area contributed by atoms with E-state index in [9.17, 15) is 4.79 Å². The molecule has 2 fully saturated rings. The van der Waals surface area contributed by atoms with Crippen LogP contribution in [0.5, 0.6) is 0 Å². The van der Waals surface area contributed by atoms with Crippen molar-refractivity contribution in [2.75, 3.05) is 19.8 Å². The molecule has 0 aliphatic carbocycles. The molecule has 0 amide bonds.